The second-order valence-corrected chi connectivity index (χ2v) is 7.62. The van der Waals surface area contributed by atoms with Gasteiger partial charge in [-0.05, 0) is 80.5 Å². The minimum absolute atomic E-state index is 0.213. The summed E-state index contributed by atoms with van der Waals surface area (Å²) in [4.78, 5) is 16.2. The van der Waals surface area contributed by atoms with Crippen molar-refractivity contribution in [1.82, 2.24) is 4.48 Å². The number of carboxylic acids is 1. The first-order valence-corrected chi connectivity index (χ1v) is 10.2. The highest BCUT2D eigenvalue weighted by molar-refractivity contribution is 6.26. The molecule has 0 bridgehead atoms. The van der Waals surface area contributed by atoms with Gasteiger partial charge in [0.1, 0.15) is 0 Å². The molecule has 0 saturated heterocycles. The van der Waals surface area contributed by atoms with Crippen molar-refractivity contribution >= 4 is 24.9 Å². The molecule has 1 aromatic heterocycles. The SMILES string of the molecule is CCC1=C(C)/C(=C(\c2ccc(C(=O)O)cc2)c2c(C)c(CC)c(C)n2[B]F)N=C1C. The lowest BCUT2D eigenvalue weighted by Crippen LogP contribution is -2.10. The van der Waals surface area contributed by atoms with E-state index in [9.17, 15) is 14.2 Å². The molecule has 0 unspecified atom stereocenters. The van der Waals surface area contributed by atoms with E-state index in [-0.39, 0.29) is 5.56 Å². The standard InChI is InChI=1S/C24H27BFN2O2/c1-7-19-13(3)22(27-15(19)5)21(17-9-11-18(12-10-17)24(29)30)23-14(4)20(8-2)16(6)28(23)25-26/h9-12H,7-8H2,1-6H3,(H,29,30)/b22-21-. The molecule has 155 valence electrons. The second kappa shape index (κ2) is 8.46. The van der Waals surface area contributed by atoms with Crippen LogP contribution in [0.5, 0.6) is 0 Å². The minimum atomic E-state index is -0.976. The van der Waals surface area contributed by atoms with Gasteiger partial charge in [0.25, 0.3) is 0 Å². The van der Waals surface area contributed by atoms with E-state index in [0.29, 0.717) is 7.69 Å². The molecule has 4 nitrogen and oxygen atoms in total. The van der Waals surface area contributed by atoms with Gasteiger partial charge in [0.15, 0.2) is 0 Å². The van der Waals surface area contributed by atoms with E-state index in [1.165, 1.54) is 5.57 Å². The number of halogens is 1. The summed E-state index contributed by atoms with van der Waals surface area (Å²) in [6.45, 7) is 12.1. The fourth-order valence-electron chi connectivity index (χ4n) is 4.52. The van der Waals surface area contributed by atoms with Crippen molar-refractivity contribution in [3.05, 3.63) is 74.8 Å². The topological polar surface area (TPSA) is 54.6 Å². The van der Waals surface area contributed by atoms with E-state index in [0.717, 1.165) is 63.5 Å². The molecular weight excluding hydrogens is 378 g/mol. The zero-order valence-corrected chi connectivity index (χ0v) is 18.4. The Labute approximate surface area is 178 Å². The minimum Gasteiger partial charge on any atom is -0.478 e. The van der Waals surface area contributed by atoms with Crippen LogP contribution in [0.15, 0.2) is 46.1 Å². The van der Waals surface area contributed by atoms with Crippen LogP contribution >= 0.6 is 0 Å². The second-order valence-electron chi connectivity index (χ2n) is 7.62. The van der Waals surface area contributed by atoms with E-state index in [1.54, 1.807) is 28.7 Å². The van der Waals surface area contributed by atoms with Crippen LogP contribution in [-0.4, -0.2) is 29.0 Å². The van der Waals surface area contributed by atoms with Gasteiger partial charge in [0.05, 0.1) is 11.3 Å². The predicted octanol–water partition coefficient (Wildman–Crippen LogP) is 5.68. The van der Waals surface area contributed by atoms with Gasteiger partial charge in [-0.25, -0.2) is 4.79 Å². The number of benzene rings is 1. The molecule has 0 atom stereocenters. The van der Waals surface area contributed by atoms with Crippen LogP contribution < -0.4 is 0 Å². The Morgan fingerprint density at radius 2 is 1.67 bits per heavy atom. The molecule has 2 heterocycles. The Morgan fingerprint density at radius 3 is 2.13 bits per heavy atom. The van der Waals surface area contributed by atoms with Gasteiger partial charge in [-0.1, -0.05) is 26.0 Å². The van der Waals surface area contributed by atoms with Crippen molar-refractivity contribution in [3.8, 4) is 0 Å². The number of allylic oxidation sites excluding steroid dienone is 2. The maximum absolute atomic E-state index is 14.1. The summed E-state index contributed by atoms with van der Waals surface area (Å²) in [5.74, 6) is -0.976. The number of rotatable bonds is 6. The van der Waals surface area contributed by atoms with Gasteiger partial charge in [-0.15, -0.1) is 0 Å². The molecule has 3 rings (SSSR count). The van der Waals surface area contributed by atoms with Crippen LogP contribution in [0.4, 0.5) is 4.32 Å². The molecule has 1 aliphatic rings. The largest absolute Gasteiger partial charge is 0.495 e. The van der Waals surface area contributed by atoms with E-state index in [4.69, 9.17) is 4.99 Å². The zero-order valence-electron chi connectivity index (χ0n) is 18.4. The number of carboxylic acid groups (broad SMARTS) is 1. The van der Waals surface area contributed by atoms with Gasteiger partial charge in [-0.2, -0.15) is 0 Å². The maximum Gasteiger partial charge on any atom is 0.495 e. The molecular formula is C24H27BFN2O2. The Bertz CT molecular complexity index is 1110. The van der Waals surface area contributed by atoms with Crippen molar-refractivity contribution in [1.29, 1.82) is 0 Å². The van der Waals surface area contributed by atoms with Crippen molar-refractivity contribution in [2.24, 2.45) is 4.99 Å². The first kappa shape index (κ1) is 21.8. The normalized spacial score (nSPS) is 15.5. The Morgan fingerprint density at radius 1 is 1.07 bits per heavy atom. The average Bonchev–Trinajstić information content (AvgIpc) is 3.14. The Kier molecular flexibility index (Phi) is 6.15. The molecule has 6 heteroatoms. The van der Waals surface area contributed by atoms with E-state index in [2.05, 4.69) is 20.8 Å². The van der Waals surface area contributed by atoms with E-state index >= 15 is 0 Å². The lowest BCUT2D eigenvalue weighted by molar-refractivity contribution is 0.0697. The molecule has 2 aromatic rings. The van der Waals surface area contributed by atoms with Crippen LogP contribution in [0.3, 0.4) is 0 Å². The molecule has 0 fully saturated rings. The summed E-state index contributed by atoms with van der Waals surface area (Å²) >= 11 is 0. The highest BCUT2D eigenvalue weighted by Gasteiger charge is 2.27. The lowest BCUT2D eigenvalue weighted by atomic mass is 9.92. The maximum atomic E-state index is 14.1. The summed E-state index contributed by atoms with van der Waals surface area (Å²) in [6.07, 6.45) is 1.66. The van der Waals surface area contributed by atoms with E-state index in [1.807, 2.05) is 20.8 Å². The van der Waals surface area contributed by atoms with Gasteiger partial charge in [0.2, 0.25) is 0 Å². The van der Waals surface area contributed by atoms with Crippen molar-refractivity contribution in [3.63, 3.8) is 0 Å². The first-order chi connectivity index (χ1) is 14.3. The summed E-state index contributed by atoms with van der Waals surface area (Å²) in [6, 6.07) is 6.73. The molecule has 0 saturated carbocycles. The molecule has 1 radical (unpaired) electrons. The Balaban J connectivity index is 2.41. The first-order valence-electron chi connectivity index (χ1n) is 10.2. The van der Waals surface area contributed by atoms with E-state index < -0.39 is 5.97 Å². The van der Waals surface area contributed by atoms with Crippen LogP contribution in [0, 0.1) is 13.8 Å². The summed E-state index contributed by atoms with van der Waals surface area (Å²) in [5.41, 5.74) is 9.65. The highest BCUT2D eigenvalue weighted by atomic mass is 19.1. The predicted molar refractivity (Wildman–Crippen MR) is 121 cm³/mol. The molecule has 0 aliphatic carbocycles. The van der Waals surface area contributed by atoms with Gasteiger partial charge in [-0.3, -0.25) is 4.99 Å². The number of aliphatic imine (C=N–C) groups is 1. The molecule has 1 aromatic carbocycles. The summed E-state index contributed by atoms with van der Waals surface area (Å²) < 4.78 is 15.7. The van der Waals surface area contributed by atoms with Crippen molar-refractivity contribution in [2.45, 2.75) is 54.4 Å². The summed E-state index contributed by atoms with van der Waals surface area (Å²) in [5, 5.41) is 9.28. The molecule has 1 aliphatic heterocycles. The number of aromatic carboxylic acids is 1. The monoisotopic (exact) mass is 405 g/mol. The molecule has 0 amide bonds. The Hall–Kier alpha value is -2.89. The van der Waals surface area contributed by atoms with Gasteiger partial charge < -0.3 is 13.9 Å². The molecule has 0 spiro atoms. The zero-order chi connectivity index (χ0) is 22.2. The summed E-state index contributed by atoms with van der Waals surface area (Å²) in [7, 11) is 0.605. The fraction of sp³-hybridized carbons (Fsp3) is 0.333. The van der Waals surface area contributed by atoms with Crippen LogP contribution in [-0.2, 0) is 6.42 Å². The van der Waals surface area contributed by atoms with Crippen molar-refractivity contribution in [2.75, 3.05) is 0 Å². The third-order valence-electron chi connectivity index (χ3n) is 6.07. The number of carbonyl (C=O) groups is 1. The lowest BCUT2D eigenvalue weighted by Gasteiger charge is -2.16. The number of nitrogens with zero attached hydrogens (tertiary/aromatic N) is 2. The quantitative estimate of drug-likeness (QED) is 0.629. The fourth-order valence-corrected chi connectivity index (χ4v) is 4.52. The van der Waals surface area contributed by atoms with Crippen molar-refractivity contribution < 1.29 is 14.2 Å². The number of hydrogen-bond donors (Lipinski definition) is 1. The van der Waals surface area contributed by atoms with Crippen LogP contribution in [0.25, 0.3) is 5.57 Å². The van der Waals surface area contributed by atoms with Crippen LogP contribution in [0.2, 0.25) is 0 Å². The third-order valence-corrected chi connectivity index (χ3v) is 6.07. The number of aromatic nitrogens is 1. The highest BCUT2D eigenvalue weighted by Crippen LogP contribution is 2.40. The smallest absolute Gasteiger partial charge is 0.478 e. The van der Waals surface area contributed by atoms with Gasteiger partial charge in [0, 0.05) is 22.7 Å². The third kappa shape index (κ3) is 3.44. The molecule has 30 heavy (non-hydrogen) atoms. The molecule has 1 N–H and O–H groups in total. The van der Waals surface area contributed by atoms with Gasteiger partial charge >= 0.3 is 13.7 Å². The van der Waals surface area contributed by atoms with Crippen LogP contribution in [0.1, 0.15) is 72.6 Å². The average molecular weight is 405 g/mol. The number of hydrogen-bond acceptors (Lipinski definition) is 2.